The molecular formula is C13H12ClNO. The van der Waals surface area contributed by atoms with E-state index in [1.807, 2.05) is 24.3 Å². The Morgan fingerprint density at radius 2 is 2.25 bits per heavy atom. The minimum Gasteiger partial charge on any atom is -0.445 e. The first-order valence-electron chi connectivity index (χ1n) is 5.03. The third-order valence-corrected chi connectivity index (χ3v) is 2.44. The number of hydrogen-bond acceptors (Lipinski definition) is 2. The summed E-state index contributed by atoms with van der Waals surface area (Å²) in [5, 5.41) is 0. The fourth-order valence-corrected chi connectivity index (χ4v) is 1.52. The number of nitrogens with zero attached hydrogens (tertiary/aromatic N) is 1. The molecule has 1 aromatic heterocycles. The monoisotopic (exact) mass is 233 g/mol. The van der Waals surface area contributed by atoms with Crippen molar-refractivity contribution in [2.24, 2.45) is 0 Å². The van der Waals surface area contributed by atoms with Crippen LogP contribution in [-0.2, 0) is 5.88 Å². The standard InChI is InChI=1S/C13H12ClNO/c1-10-3-2-4-11(7-10)5-6-13-15-12(8-14)9-16-13/h2-7,9H,8H2,1H3. The van der Waals surface area contributed by atoms with E-state index >= 15 is 0 Å². The van der Waals surface area contributed by atoms with Gasteiger partial charge in [-0.15, -0.1) is 11.6 Å². The molecule has 0 saturated heterocycles. The van der Waals surface area contributed by atoms with Gasteiger partial charge in [-0.1, -0.05) is 29.8 Å². The number of aromatic nitrogens is 1. The molecule has 2 nitrogen and oxygen atoms in total. The van der Waals surface area contributed by atoms with E-state index in [1.165, 1.54) is 5.56 Å². The summed E-state index contributed by atoms with van der Waals surface area (Å²) in [7, 11) is 0. The van der Waals surface area contributed by atoms with Crippen LogP contribution in [0.15, 0.2) is 34.9 Å². The Labute approximate surface area is 99.6 Å². The van der Waals surface area contributed by atoms with Crippen LogP contribution in [0.4, 0.5) is 0 Å². The zero-order valence-corrected chi connectivity index (χ0v) is 9.74. The van der Waals surface area contributed by atoms with Crippen molar-refractivity contribution < 1.29 is 4.42 Å². The lowest BCUT2D eigenvalue weighted by atomic mass is 10.1. The van der Waals surface area contributed by atoms with Crippen molar-refractivity contribution in [1.82, 2.24) is 4.98 Å². The molecule has 1 aromatic carbocycles. The molecule has 0 aliphatic rings. The number of benzene rings is 1. The molecule has 0 aliphatic carbocycles. The molecule has 0 bridgehead atoms. The highest BCUT2D eigenvalue weighted by molar-refractivity contribution is 6.16. The van der Waals surface area contributed by atoms with Crippen LogP contribution < -0.4 is 0 Å². The lowest BCUT2D eigenvalue weighted by Crippen LogP contribution is -1.77. The molecule has 3 heteroatoms. The molecule has 2 aromatic rings. The maximum absolute atomic E-state index is 5.63. The second-order valence-electron chi connectivity index (χ2n) is 3.56. The molecule has 0 amide bonds. The van der Waals surface area contributed by atoms with E-state index in [9.17, 15) is 0 Å². The maximum atomic E-state index is 5.63. The maximum Gasteiger partial charge on any atom is 0.218 e. The van der Waals surface area contributed by atoms with E-state index in [1.54, 1.807) is 6.26 Å². The van der Waals surface area contributed by atoms with Crippen LogP contribution >= 0.6 is 11.6 Å². The Balaban J connectivity index is 2.14. The lowest BCUT2D eigenvalue weighted by Gasteiger charge is -1.94. The van der Waals surface area contributed by atoms with Crippen LogP contribution in [0.5, 0.6) is 0 Å². The highest BCUT2D eigenvalue weighted by Gasteiger charge is 1.98. The van der Waals surface area contributed by atoms with E-state index < -0.39 is 0 Å². The number of alkyl halides is 1. The van der Waals surface area contributed by atoms with Crippen molar-refractivity contribution in [2.45, 2.75) is 12.8 Å². The lowest BCUT2D eigenvalue weighted by molar-refractivity contribution is 0.546. The van der Waals surface area contributed by atoms with Crippen molar-refractivity contribution >= 4 is 23.8 Å². The Morgan fingerprint density at radius 3 is 2.94 bits per heavy atom. The molecule has 0 saturated carbocycles. The third-order valence-electron chi connectivity index (χ3n) is 2.17. The summed E-state index contributed by atoms with van der Waals surface area (Å²) in [5.41, 5.74) is 3.12. The molecule has 0 radical (unpaired) electrons. The summed E-state index contributed by atoms with van der Waals surface area (Å²) in [6, 6.07) is 8.22. The highest BCUT2D eigenvalue weighted by atomic mass is 35.5. The molecule has 82 valence electrons. The van der Waals surface area contributed by atoms with Gasteiger partial charge in [0.15, 0.2) is 0 Å². The Bertz CT molecular complexity index is 502. The number of halogens is 1. The van der Waals surface area contributed by atoms with Gasteiger partial charge in [-0.3, -0.25) is 0 Å². The minimum atomic E-state index is 0.377. The number of oxazole rings is 1. The summed E-state index contributed by atoms with van der Waals surface area (Å²) in [4.78, 5) is 4.18. The van der Waals surface area contributed by atoms with Crippen molar-refractivity contribution in [3.63, 3.8) is 0 Å². The fourth-order valence-electron chi connectivity index (χ4n) is 1.40. The summed E-state index contributed by atoms with van der Waals surface area (Å²) in [5.74, 6) is 0.957. The predicted octanol–water partition coefficient (Wildman–Crippen LogP) is 3.89. The predicted molar refractivity (Wildman–Crippen MR) is 66.2 cm³/mol. The van der Waals surface area contributed by atoms with Gasteiger partial charge >= 0.3 is 0 Å². The highest BCUT2D eigenvalue weighted by Crippen LogP contribution is 2.10. The first kappa shape index (κ1) is 11.0. The molecule has 1 heterocycles. The smallest absolute Gasteiger partial charge is 0.218 e. The van der Waals surface area contributed by atoms with E-state index in [0.717, 1.165) is 11.3 Å². The van der Waals surface area contributed by atoms with E-state index in [4.69, 9.17) is 16.0 Å². The summed E-state index contributed by atoms with van der Waals surface area (Å²) >= 11 is 5.63. The third kappa shape index (κ3) is 2.74. The van der Waals surface area contributed by atoms with Gasteiger partial charge in [0.1, 0.15) is 6.26 Å². The van der Waals surface area contributed by atoms with Crippen LogP contribution in [0, 0.1) is 6.92 Å². The normalized spacial score (nSPS) is 11.1. The largest absolute Gasteiger partial charge is 0.445 e. The molecule has 0 aliphatic heterocycles. The van der Waals surface area contributed by atoms with Crippen LogP contribution in [0.25, 0.3) is 12.2 Å². The van der Waals surface area contributed by atoms with Gasteiger partial charge in [0.25, 0.3) is 0 Å². The summed E-state index contributed by atoms with van der Waals surface area (Å²) in [6.45, 7) is 2.06. The first-order valence-corrected chi connectivity index (χ1v) is 5.56. The van der Waals surface area contributed by atoms with Crippen molar-refractivity contribution in [2.75, 3.05) is 0 Å². The Morgan fingerprint density at radius 1 is 1.38 bits per heavy atom. The topological polar surface area (TPSA) is 26.0 Å². The molecule has 0 spiro atoms. The summed E-state index contributed by atoms with van der Waals surface area (Å²) in [6.07, 6.45) is 5.38. The van der Waals surface area contributed by atoms with Gasteiger partial charge in [-0.2, -0.15) is 0 Å². The van der Waals surface area contributed by atoms with Gasteiger partial charge in [0, 0.05) is 6.08 Å². The van der Waals surface area contributed by atoms with Crippen molar-refractivity contribution in [3.05, 3.63) is 53.2 Å². The molecule has 0 fully saturated rings. The average Bonchev–Trinajstić information content (AvgIpc) is 2.74. The fraction of sp³-hybridized carbons (Fsp3) is 0.154. The van der Waals surface area contributed by atoms with Crippen LogP contribution in [0.1, 0.15) is 22.7 Å². The molecule has 0 unspecified atom stereocenters. The molecule has 0 atom stereocenters. The number of aryl methyl sites for hydroxylation is 1. The van der Waals surface area contributed by atoms with E-state index in [0.29, 0.717) is 11.8 Å². The first-order chi connectivity index (χ1) is 7.78. The Hall–Kier alpha value is -1.54. The minimum absolute atomic E-state index is 0.377. The van der Waals surface area contributed by atoms with E-state index in [-0.39, 0.29) is 0 Å². The second-order valence-corrected chi connectivity index (χ2v) is 3.83. The zero-order chi connectivity index (χ0) is 11.4. The van der Waals surface area contributed by atoms with Gasteiger partial charge in [0.05, 0.1) is 11.6 Å². The SMILES string of the molecule is Cc1cccc(C=Cc2nc(CCl)co2)c1. The van der Waals surface area contributed by atoms with Gasteiger partial charge in [0.2, 0.25) is 5.89 Å². The molecule has 16 heavy (non-hydrogen) atoms. The van der Waals surface area contributed by atoms with Gasteiger partial charge < -0.3 is 4.42 Å². The van der Waals surface area contributed by atoms with Crippen molar-refractivity contribution in [3.8, 4) is 0 Å². The number of rotatable bonds is 3. The van der Waals surface area contributed by atoms with Crippen LogP contribution in [-0.4, -0.2) is 4.98 Å². The van der Waals surface area contributed by atoms with Crippen molar-refractivity contribution in [1.29, 1.82) is 0 Å². The average molecular weight is 234 g/mol. The summed E-state index contributed by atoms with van der Waals surface area (Å²) < 4.78 is 5.23. The van der Waals surface area contributed by atoms with Crippen LogP contribution in [0.2, 0.25) is 0 Å². The quantitative estimate of drug-likeness (QED) is 0.752. The molecule has 2 rings (SSSR count). The number of hydrogen-bond donors (Lipinski definition) is 0. The van der Waals surface area contributed by atoms with Crippen LogP contribution in [0.3, 0.4) is 0 Å². The van der Waals surface area contributed by atoms with Gasteiger partial charge in [-0.05, 0) is 18.6 Å². The van der Waals surface area contributed by atoms with E-state index in [2.05, 4.69) is 24.0 Å². The Kier molecular flexibility index (Phi) is 3.42. The second kappa shape index (κ2) is 4.99. The van der Waals surface area contributed by atoms with Gasteiger partial charge in [-0.25, -0.2) is 4.98 Å². The zero-order valence-electron chi connectivity index (χ0n) is 8.98. The molecule has 0 N–H and O–H groups in total. The molecular weight excluding hydrogens is 222 g/mol.